The molecule has 2 aromatic rings. The SMILES string of the molecule is Cc1cc(C)c(CC(Cc2cccc(Cl)c2)NN)c(C)c1. The first-order chi connectivity index (χ1) is 9.99. The van der Waals surface area contributed by atoms with Crippen molar-refractivity contribution in [2.75, 3.05) is 0 Å². The Labute approximate surface area is 132 Å². The molecule has 0 radical (unpaired) electrons. The summed E-state index contributed by atoms with van der Waals surface area (Å²) in [6.07, 6.45) is 1.78. The van der Waals surface area contributed by atoms with Gasteiger partial charge in [0.05, 0.1) is 0 Å². The fraction of sp³-hybridized carbons (Fsp3) is 0.333. The standard InChI is InChI=1S/C18H23ClN2/c1-12-7-13(2)18(14(3)8-12)11-17(21-20)10-15-5-4-6-16(19)9-15/h4-9,17,21H,10-11,20H2,1-3H3. The van der Waals surface area contributed by atoms with Crippen LogP contribution in [-0.4, -0.2) is 6.04 Å². The number of nitrogens with two attached hydrogens (primary N) is 1. The van der Waals surface area contributed by atoms with Crippen molar-refractivity contribution in [2.45, 2.75) is 39.7 Å². The van der Waals surface area contributed by atoms with E-state index in [9.17, 15) is 0 Å². The average molecular weight is 303 g/mol. The first-order valence-corrected chi connectivity index (χ1v) is 7.64. The summed E-state index contributed by atoms with van der Waals surface area (Å²) in [4.78, 5) is 0. The van der Waals surface area contributed by atoms with Crippen molar-refractivity contribution in [3.8, 4) is 0 Å². The molecule has 0 fully saturated rings. The van der Waals surface area contributed by atoms with Crippen molar-refractivity contribution in [3.05, 3.63) is 69.2 Å². The van der Waals surface area contributed by atoms with Crippen LogP contribution in [0.1, 0.15) is 27.8 Å². The molecule has 2 nitrogen and oxygen atoms in total. The molecule has 21 heavy (non-hydrogen) atoms. The van der Waals surface area contributed by atoms with Crippen molar-refractivity contribution < 1.29 is 0 Å². The van der Waals surface area contributed by atoms with Gasteiger partial charge in [-0.05, 0) is 68.0 Å². The van der Waals surface area contributed by atoms with Crippen LogP contribution < -0.4 is 11.3 Å². The Morgan fingerprint density at radius 2 is 1.71 bits per heavy atom. The number of nitrogens with one attached hydrogen (secondary N) is 1. The Morgan fingerprint density at radius 1 is 1.05 bits per heavy atom. The molecule has 0 aliphatic carbocycles. The van der Waals surface area contributed by atoms with Crippen LogP contribution in [-0.2, 0) is 12.8 Å². The van der Waals surface area contributed by atoms with Crippen LogP contribution >= 0.6 is 11.6 Å². The van der Waals surface area contributed by atoms with Gasteiger partial charge in [0.1, 0.15) is 0 Å². The first kappa shape index (κ1) is 16.0. The average Bonchev–Trinajstić information content (AvgIpc) is 2.41. The summed E-state index contributed by atoms with van der Waals surface area (Å²) in [5, 5.41) is 0.769. The van der Waals surface area contributed by atoms with Gasteiger partial charge in [0.25, 0.3) is 0 Å². The molecule has 1 unspecified atom stereocenters. The molecule has 0 heterocycles. The van der Waals surface area contributed by atoms with Gasteiger partial charge >= 0.3 is 0 Å². The third-order valence-electron chi connectivity index (χ3n) is 3.90. The number of rotatable bonds is 5. The highest BCUT2D eigenvalue weighted by Crippen LogP contribution is 2.20. The molecule has 0 saturated carbocycles. The van der Waals surface area contributed by atoms with Crippen LogP contribution in [0.2, 0.25) is 5.02 Å². The number of benzene rings is 2. The van der Waals surface area contributed by atoms with E-state index < -0.39 is 0 Å². The van der Waals surface area contributed by atoms with Crippen LogP contribution in [0.4, 0.5) is 0 Å². The molecule has 0 aliphatic heterocycles. The summed E-state index contributed by atoms with van der Waals surface area (Å²) >= 11 is 6.05. The second kappa shape index (κ2) is 7.08. The highest BCUT2D eigenvalue weighted by Gasteiger charge is 2.13. The monoisotopic (exact) mass is 302 g/mol. The number of hydrazine groups is 1. The zero-order valence-electron chi connectivity index (χ0n) is 12.9. The minimum atomic E-state index is 0.198. The van der Waals surface area contributed by atoms with Gasteiger partial charge in [-0.15, -0.1) is 0 Å². The predicted octanol–water partition coefficient (Wildman–Crippen LogP) is 3.88. The van der Waals surface area contributed by atoms with Crippen molar-refractivity contribution in [2.24, 2.45) is 5.84 Å². The number of aryl methyl sites for hydroxylation is 3. The smallest absolute Gasteiger partial charge is 0.0408 e. The summed E-state index contributed by atoms with van der Waals surface area (Å²) in [6.45, 7) is 6.47. The lowest BCUT2D eigenvalue weighted by Crippen LogP contribution is -2.38. The molecule has 2 rings (SSSR count). The molecular formula is C18H23ClN2. The minimum Gasteiger partial charge on any atom is -0.271 e. The van der Waals surface area contributed by atoms with E-state index in [0.717, 1.165) is 17.9 Å². The molecule has 1 atom stereocenters. The fourth-order valence-electron chi connectivity index (χ4n) is 2.92. The van der Waals surface area contributed by atoms with Gasteiger partial charge in [0.15, 0.2) is 0 Å². The van der Waals surface area contributed by atoms with Gasteiger partial charge in [-0.1, -0.05) is 41.4 Å². The first-order valence-electron chi connectivity index (χ1n) is 7.27. The van der Waals surface area contributed by atoms with E-state index in [-0.39, 0.29) is 6.04 Å². The molecule has 0 saturated heterocycles. The van der Waals surface area contributed by atoms with Crippen molar-refractivity contribution in [1.82, 2.24) is 5.43 Å². The van der Waals surface area contributed by atoms with E-state index in [1.165, 1.54) is 27.8 Å². The summed E-state index contributed by atoms with van der Waals surface area (Å²) < 4.78 is 0. The third-order valence-corrected chi connectivity index (χ3v) is 4.13. The van der Waals surface area contributed by atoms with E-state index in [4.69, 9.17) is 17.4 Å². The van der Waals surface area contributed by atoms with Gasteiger partial charge in [0.2, 0.25) is 0 Å². The summed E-state index contributed by atoms with van der Waals surface area (Å²) in [7, 11) is 0. The maximum absolute atomic E-state index is 6.05. The molecule has 0 aliphatic rings. The van der Waals surface area contributed by atoms with Crippen LogP contribution in [0.25, 0.3) is 0 Å². The topological polar surface area (TPSA) is 38.0 Å². The summed E-state index contributed by atoms with van der Waals surface area (Å²) in [5.41, 5.74) is 9.50. The van der Waals surface area contributed by atoms with Crippen LogP contribution in [0, 0.1) is 20.8 Å². The van der Waals surface area contributed by atoms with Gasteiger partial charge in [-0.2, -0.15) is 0 Å². The van der Waals surface area contributed by atoms with Crippen molar-refractivity contribution >= 4 is 11.6 Å². The second-order valence-corrected chi connectivity index (χ2v) is 6.22. The number of halogens is 1. The lowest BCUT2D eigenvalue weighted by Gasteiger charge is -2.19. The maximum Gasteiger partial charge on any atom is 0.0408 e. The molecule has 0 aromatic heterocycles. The van der Waals surface area contributed by atoms with Crippen LogP contribution in [0.5, 0.6) is 0 Å². The Morgan fingerprint density at radius 3 is 2.29 bits per heavy atom. The normalized spacial score (nSPS) is 12.4. The molecule has 112 valence electrons. The van der Waals surface area contributed by atoms with Gasteiger partial charge in [0, 0.05) is 11.1 Å². The van der Waals surface area contributed by atoms with E-state index in [1.807, 2.05) is 18.2 Å². The van der Waals surface area contributed by atoms with Crippen LogP contribution in [0.3, 0.4) is 0 Å². The largest absolute Gasteiger partial charge is 0.271 e. The van der Waals surface area contributed by atoms with Gasteiger partial charge in [-0.25, -0.2) is 0 Å². The molecule has 0 amide bonds. The number of hydrogen-bond acceptors (Lipinski definition) is 2. The second-order valence-electron chi connectivity index (χ2n) is 5.78. The van der Waals surface area contributed by atoms with E-state index in [0.29, 0.717) is 0 Å². The highest BCUT2D eigenvalue weighted by atomic mass is 35.5. The Hall–Kier alpha value is -1.35. The predicted molar refractivity (Wildman–Crippen MR) is 90.6 cm³/mol. The number of hydrogen-bond donors (Lipinski definition) is 2. The Kier molecular flexibility index (Phi) is 5.40. The molecule has 0 bridgehead atoms. The fourth-order valence-corrected chi connectivity index (χ4v) is 3.13. The lowest BCUT2D eigenvalue weighted by atomic mass is 9.92. The molecule has 3 heteroatoms. The van der Waals surface area contributed by atoms with Crippen molar-refractivity contribution in [3.63, 3.8) is 0 Å². The highest BCUT2D eigenvalue weighted by molar-refractivity contribution is 6.30. The summed E-state index contributed by atoms with van der Waals surface area (Å²) in [5.74, 6) is 5.75. The molecular weight excluding hydrogens is 280 g/mol. The van der Waals surface area contributed by atoms with Crippen LogP contribution in [0.15, 0.2) is 36.4 Å². The Bertz CT molecular complexity index is 599. The zero-order valence-corrected chi connectivity index (χ0v) is 13.7. The van der Waals surface area contributed by atoms with E-state index in [1.54, 1.807) is 0 Å². The molecule has 3 N–H and O–H groups in total. The van der Waals surface area contributed by atoms with E-state index in [2.05, 4.69) is 44.4 Å². The van der Waals surface area contributed by atoms with Crippen molar-refractivity contribution in [1.29, 1.82) is 0 Å². The lowest BCUT2D eigenvalue weighted by molar-refractivity contribution is 0.520. The zero-order chi connectivity index (χ0) is 15.4. The molecule has 2 aromatic carbocycles. The quantitative estimate of drug-likeness (QED) is 0.650. The third kappa shape index (κ3) is 4.31. The summed E-state index contributed by atoms with van der Waals surface area (Å²) in [6, 6.07) is 12.6. The maximum atomic E-state index is 6.05. The van der Waals surface area contributed by atoms with E-state index >= 15 is 0 Å². The van der Waals surface area contributed by atoms with Gasteiger partial charge in [-0.3, -0.25) is 11.3 Å². The Balaban J connectivity index is 2.16. The molecule has 0 spiro atoms. The minimum absolute atomic E-state index is 0.198. The van der Waals surface area contributed by atoms with Gasteiger partial charge < -0.3 is 0 Å².